The van der Waals surface area contributed by atoms with Crippen molar-refractivity contribution in [1.29, 1.82) is 0 Å². The first kappa shape index (κ1) is 11.6. The molecule has 0 radical (unpaired) electrons. The van der Waals surface area contributed by atoms with Crippen molar-refractivity contribution in [2.45, 2.75) is 20.0 Å². The van der Waals surface area contributed by atoms with Crippen LogP contribution < -0.4 is 10.5 Å². The summed E-state index contributed by atoms with van der Waals surface area (Å²) in [6.07, 6.45) is 1.50. The Morgan fingerprint density at radius 2 is 2.29 bits per heavy atom. The van der Waals surface area contributed by atoms with Crippen LogP contribution in [0.1, 0.15) is 13.8 Å². The summed E-state index contributed by atoms with van der Waals surface area (Å²) in [7, 11) is 0. The summed E-state index contributed by atoms with van der Waals surface area (Å²) in [4.78, 5) is 8.05. The molecule has 1 atom stereocenters. The molecular weight excluding hydrogens is 222 g/mol. The number of nitrogens with zero attached hydrogens (tertiary/aromatic N) is 3. The predicted molar refractivity (Wildman–Crippen MR) is 62.7 cm³/mol. The van der Waals surface area contributed by atoms with Gasteiger partial charge in [-0.1, -0.05) is 0 Å². The Kier molecular flexibility index (Phi) is 3.38. The average Bonchev–Trinajstić information content (AvgIpc) is 2.74. The number of hydrogen-bond donors (Lipinski definition) is 2. The van der Waals surface area contributed by atoms with Crippen molar-refractivity contribution in [3.8, 4) is 5.88 Å². The van der Waals surface area contributed by atoms with Gasteiger partial charge in [0.15, 0.2) is 5.65 Å². The molecule has 2 heterocycles. The van der Waals surface area contributed by atoms with E-state index in [1.165, 1.54) is 0 Å². The maximum absolute atomic E-state index is 5.65. The number of H-pyrrole nitrogens is 1. The summed E-state index contributed by atoms with van der Waals surface area (Å²) < 4.78 is 10.9. The van der Waals surface area contributed by atoms with E-state index in [9.17, 15) is 0 Å². The lowest BCUT2D eigenvalue weighted by Gasteiger charge is -2.14. The van der Waals surface area contributed by atoms with Crippen LogP contribution in [-0.4, -0.2) is 39.5 Å². The zero-order valence-electron chi connectivity index (χ0n) is 9.80. The molecule has 0 amide bonds. The van der Waals surface area contributed by atoms with E-state index in [1.807, 2.05) is 13.8 Å². The number of fused-ring (bicyclic) bond motifs is 1. The molecule has 0 aliphatic heterocycles. The number of nitrogen functional groups attached to an aromatic ring is 1. The third kappa shape index (κ3) is 2.62. The standard InChI is InChI=1S/C10H15N5O2/c1-3-16-5-6(2)17-9-7-4-12-15-8(7)13-10(11)14-9/h4,6H,3,5H2,1-2H3,(H3,11,12,13,14,15). The van der Waals surface area contributed by atoms with Gasteiger partial charge in [-0.25, -0.2) is 0 Å². The summed E-state index contributed by atoms with van der Waals surface area (Å²) in [5.41, 5.74) is 6.14. The lowest BCUT2D eigenvalue weighted by Crippen LogP contribution is -2.20. The van der Waals surface area contributed by atoms with E-state index in [-0.39, 0.29) is 12.1 Å². The summed E-state index contributed by atoms with van der Waals surface area (Å²) >= 11 is 0. The summed E-state index contributed by atoms with van der Waals surface area (Å²) in [6, 6.07) is 0. The minimum absolute atomic E-state index is 0.109. The van der Waals surface area contributed by atoms with Crippen molar-refractivity contribution >= 4 is 17.0 Å². The van der Waals surface area contributed by atoms with E-state index >= 15 is 0 Å². The number of nitrogens with two attached hydrogens (primary N) is 1. The zero-order valence-corrected chi connectivity index (χ0v) is 9.80. The van der Waals surface area contributed by atoms with Crippen LogP contribution in [0.3, 0.4) is 0 Å². The van der Waals surface area contributed by atoms with E-state index in [4.69, 9.17) is 15.2 Å². The second-order valence-corrected chi connectivity index (χ2v) is 3.61. The molecule has 0 bridgehead atoms. The van der Waals surface area contributed by atoms with Gasteiger partial charge in [-0.05, 0) is 13.8 Å². The molecule has 0 aliphatic carbocycles. The highest BCUT2D eigenvalue weighted by Crippen LogP contribution is 2.22. The van der Waals surface area contributed by atoms with Crippen molar-refractivity contribution in [2.24, 2.45) is 0 Å². The maximum Gasteiger partial charge on any atom is 0.229 e. The van der Waals surface area contributed by atoms with Crippen LogP contribution in [0.4, 0.5) is 5.95 Å². The lowest BCUT2D eigenvalue weighted by atomic mass is 10.4. The number of aromatic nitrogens is 4. The topological polar surface area (TPSA) is 98.9 Å². The van der Waals surface area contributed by atoms with Crippen LogP contribution in [0, 0.1) is 0 Å². The quantitative estimate of drug-likeness (QED) is 0.795. The molecule has 7 heteroatoms. The highest BCUT2D eigenvalue weighted by molar-refractivity contribution is 5.80. The highest BCUT2D eigenvalue weighted by atomic mass is 16.5. The molecule has 1 unspecified atom stereocenters. The third-order valence-electron chi connectivity index (χ3n) is 2.16. The summed E-state index contributed by atoms with van der Waals surface area (Å²) in [5.74, 6) is 0.578. The van der Waals surface area contributed by atoms with Gasteiger partial charge in [-0.15, -0.1) is 0 Å². The summed E-state index contributed by atoms with van der Waals surface area (Å²) in [6.45, 7) is 4.99. The molecule has 2 aromatic heterocycles. The Hall–Kier alpha value is -1.89. The first-order chi connectivity index (χ1) is 8.20. The molecule has 0 saturated heterocycles. The SMILES string of the molecule is CCOCC(C)Oc1nc(N)nc2[nH]ncc12. The number of nitrogens with one attached hydrogen (secondary N) is 1. The second kappa shape index (κ2) is 4.96. The van der Waals surface area contributed by atoms with Crippen LogP contribution in [0.15, 0.2) is 6.20 Å². The number of anilines is 1. The van der Waals surface area contributed by atoms with Crippen LogP contribution in [-0.2, 0) is 4.74 Å². The summed E-state index contributed by atoms with van der Waals surface area (Å²) in [5, 5.41) is 7.31. The lowest BCUT2D eigenvalue weighted by molar-refractivity contribution is 0.0643. The van der Waals surface area contributed by atoms with Crippen LogP contribution in [0.2, 0.25) is 0 Å². The Morgan fingerprint density at radius 1 is 1.47 bits per heavy atom. The molecule has 0 spiro atoms. The van der Waals surface area contributed by atoms with Gasteiger partial charge in [-0.2, -0.15) is 15.1 Å². The average molecular weight is 237 g/mol. The van der Waals surface area contributed by atoms with Crippen molar-refractivity contribution in [2.75, 3.05) is 18.9 Å². The molecule has 0 aromatic carbocycles. The molecule has 0 saturated carbocycles. The third-order valence-corrected chi connectivity index (χ3v) is 2.16. The van der Waals surface area contributed by atoms with Crippen LogP contribution in [0.5, 0.6) is 5.88 Å². The fourth-order valence-corrected chi connectivity index (χ4v) is 1.42. The maximum atomic E-state index is 5.65. The van der Waals surface area contributed by atoms with Crippen molar-refractivity contribution < 1.29 is 9.47 Å². The van der Waals surface area contributed by atoms with E-state index in [1.54, 1.807) is 6.20 Å². The van der Waals surface area contributed by atoms with Crippen LogP contribution >= 0.6 is 0 Å². The van der Waals surface area contributed by atoms with Crippen molar-refractivity contribution in [1.82, 2.24) is 20.2 Å². The first-order valence-electron chi connectivity index (χ1n) is 5.41. The van der Waals surface area contributed by atoms with E-state index < -0.39 is 0 Å². The number of rotatable bonds is 5. The van der Waals surface area contributed by atoms with Gasteiger partial charge in [0.25, 0.3) is 0 Å². The van der Waals surface area contributed by atoms with Gasteiger partial charge in [0.2, 0.25) is 11.8 Å². The molecule has 17 heavy (non-hydrogen) atoms. The number of hydrogen-bond acceptors (Lipinski definition) is 6. The van der Waals surface area contributed by atoms with Crippen molar-refractivity contribution in [3.63, 3.8) is 0 Å². The first-order valence-corrected chi connectivity index (χ1v) is 5.41. The number of aromatic amines is 1. The largest absolute Gasteiger partial charge is 0.472 e. The fourth-order valence-electron chi connectivity index (χ4n) is 1.42. The fraction of sp³-hybridized carbons (Fsp3) is 0.500. The molecule has 3 N–H and O–H groups in total. The molecule has 92 valence electrons. The second-order valence-electron chi connectivity index (χ2n) is 3.61. The van der Waals surface area contributed by atoms with Crippen molar-refractivity contribution in [3.05, 3.63) is 6.20 Å². The monoisotopic (exact) mass is 237 g/mol. The van der Waals surface area contributed by atoms with E-state index in [0.717, 1.165) is 0 Å². The van der Waals surface area contributed by atoms with E-state index in [2.05, 4.69) is 20.2 Å². The van der Waals surface area contributed by atoms with Gasteiger partial charge in [0.1, 0.15) is 11.5 Å². The Morgan fingerprint density at radius 3 is 3.06 bits per heavy atom. The molecule has 2 aromatic rings. The normalized spacial score (nSPS) is 12.8. The Balaban J connectivity index is 2.19. The number of ether oxygens (including phenoxy) is 2. The highest BCUT2D eigenvalue weighted by Gasteiger charge is 2.12. The molecule has 7 nitrogen and oxygen atoms in total. The van der Waals surface area contributed by atoms with Gasteiger partial charge < -0.3 is 15.2 Å². The Bertz CT molecular complexity index is 498. The van der Waals surface area contributed by atoms with Gasteiger partial charge in [0.05, 0.1) is 12.8 Å². The smallest absolute Gasteiger partial charge is 0.229 e. The Labute approximate surface area is 98.3 Å². The van der Waals surface area contributed by atoms with Gasteiger partial charge in [0, 0.05) is 6.61 Å². The predicted octanol–water partition coefficient (Wildman–Crippen LogP) is 0.739. The molecule has 2 rings (SSSR count). The molecule has 0 fully saturated rings. The minimum atomic E-state index is -0.109. The van der Waals surface area contributed by atoms with Crippen LogP contribution in [0.25, 0.3) is 11.0 Å². The van der Waals surface area contributed by atoms with E-state index in [0.29, 0.717) is 30.1 Å². The molecular formula is C10H15N5O2. The minimum Gasteiger partial charge on any atom is -0.472 e. The van der Waals surface area contributed by atoms with Gasteiger partial charge in [-0.3, -0.25) is 5.10 Å². The van der Waals surface area contributed by atoms with Gasteiger partial charge >= 0.3 is 0 Å². The zero-order chi connectivity index (χ0) is 12.3. The molecule has 0 aliphatic rings.